The Morgan fingerprint density at radius 2 is 2.00 bits per heavy atom. The molecular weight excluding hydrogens is 277 g/mol. The van der Waals surface area contributed by atoms with Crippen LogP contribution in [0.1, 0.15) is 30.7 Å². The molecule has 0 bridgehead atoms. The summed E-state index contributed by atoms with van der Waals surface area (Å²) in [6.45, 7) is -0.0507. The SMILES string of the molecule is COC1(C(=O)NCC(C(=O)O)c2ccc(F)cc2)CCC1. The number of benzene rings is 1. The molecule has 1 saturated carbocycles. The van der Waals surface area contributed by atoms with E-state index in [-0.39, 0.29) is 12.5 Å². The fourth-order valence-corrected chi connectivity index (χ4v) is 2.42. The summed E-state index contributed by atoms with van der Waals surface area (Å²) in [5.41, 5.74) is -0.365. The number of aliphatic carboxylic acids is 1. The lowest BCUT2D eigenvalue weighted by molar-refractivity contribution is -0.154. The lowest BCUT2D eigenvalue weighted by atomic mass is 9.79. The fraction of sp³-hybridized carbons (Fsp3) is 0.467. The standard InChI is InChI=1S/C15H18FNO4/c1-21-15(7-2-8-15)14(20)17-9-12(13(18)19)10-3-5-11(16)6-4-10/h3-6,12H,2,7-9H2,1H3,(H,17,20)(H,18,19). The van der Waals surface area contributed by atoms with Crippen molar-refractivity contribution in [3.63, 3.8) is 0 Å². The van der Waals surface area contributed by atoms with E-state index in [0.717, 1.165) is 6.42 Å². The number of halogens is 1. The maximum absolute atomic E-state index is 12.9. The minimum absolute atomic E-state index is 0.0507. The molecule has 1 fully saturated rings. The van der Waals surface area contributed by atoms with Gasteiger partial charge in [-0.2, -0.15) is 0 Å². The molecule has 0 aliphatic heterocycles. The van der Waals surface area contributed by atoms with E-state index < -0.39 is 23.3 Å². The fourth-order valence-electron chi connectivity index (χ4n) is 2.42. The smallest absolute Gasteiger partial charge is 0.312 e. The topological polar surface area (TPSA) is 75.6 Å². The summed E-state index contributed by atoms with van der Waals surface area (Å²) < 4.78 is 18.1. The quantitative estimate of drug-likeness (QED) is 0.837. The van der Waals surface area contributed by atoms with Crippen LogP contribution < -0.4 is 5.32 Å². The van der Waals surface area contributed by atoms with Crippen molar-refractivity contribution < 1.29 is 23.8 Å². The highest BCUT2D eigenvalue weighted by Gasteiger charge is 2.44. The van der Waals surface area contributed by atoms with E-state index in [4.69, 9.17) is 4.74 Å². The largest absolute Gasteiger partial charge is 0.481 e. The summed E-state index contributed by atoms with van der Waals surface area (Å²) in [5, 5.41) is 11.9. The van der Waals surface area contributed by atoms with Crippen LogP contribution in [0.2, 0.25) is 0 Å². The summed E-state index contributed by atoms with van der Waals surface area (Å²) in [4.78, 5) is 23.4. The van der Waals surface area contributed by atoms with Crippen LogP contribution in [0, 0.1) is 5.82 Å². The average molecular weight is 295 g/mol. The number of carbonyl (C=O) groups excluding carboxylic acids is 1. The number of nitrogens with one attached hydrogen (secondary N) is 1. The van der Waals surface area contributed by atoms with Crippen LogP contribution in [-0.2, 0) is 14.3 Å². The van der Waals surface area contributed by atoms with E-state index in [0.29, 0.717) is 18.4 Å². The van der Waals surface area contributed by atoms with Gasteiger partial charge in [0.1, 0.15) is 11.4 Å². The van der Waals surface area contributed by atoms with E-state index >= 15 is 0 Å². The lowest BCUT2D eigenvalue weighted by Crippen LogP contribution is -2.54. The molecule has 1 unspecified atom stereocenters. The number of ether oxygens (including phenoxy) is 1. The molecule has 0 spiro atoms. The average Bonchev–Trinajstić information content (AvgIpc) is 2.40. The number of amides is 1. The van der Waals surface area contributed by atoms with Crippen molar-refractivity contribution in [1.82, 2.24) is 5.32 Å². The maximum atomic E-state index is 12.9. The molecule has 1 atom stereocenters. The van der Waals surface area contributed by atoms with Crippen LogP contribution in [0.15, 0.2) is 24.3 Å². The molecule has 6 heteroatoms. The number of rotatable bonds is 6. The maximum Gasteiger partial charge on any atom is 0.312 e. The molecule has 1 amide bonds. The monoisotopic (exact) mass is 295 g/mol. The Kier molecular flexibility index (Phi) is 4.57. The highest BCUT2D eigenvalue weighted by Crippen LogP contribution is 2.35. The van der Waals surface area contributed by atoms with Crippen LogP contribution in [0.4, 0.5) is 4.39 Å². The number of carboxylic acids is 1. The lowest BCUT2D eigenvalue weighted by Gasteiger charge is -2.38. The Hall–Kier alpha value is -1.95. The van der Waals surface area contributed by atoms with Crippen molar-refractivity contribution in [2.24, 2.45) is 0 Å². The predicted octanol–water partition coefficient (Wildman–Crippen LogP) is 1.68. The minimum atomic E-state index is -1.07. The molecule has 1 aliphatic carbocycles. The van der Waals surface area contributed by atoms with Gasteiger partial charge >= 0.3 is 5.97 Å². The molecule has 114 valence electrons. The molecule has 5 nitrogen and oxygen atoms in total. The first-order chi connectivity index (χ1) is 9.98. The van der Waals surface area contributed by atoms with Crippen LogP contribution in [0.3, 0.4) is 0 Å². The predicted molar refractivity (Wildman–Crippen MR) is 73.4 cm³/mol. The second-order valence-electron chi connectivity index (χ2n) is 5.20. The van der Waals surface area contributed by atoms with Gasteiger partial charge in [-0.15, -0.1) is 0 Å². The molecule has 2 N–H and O–H groups in total. The number of carboxylic acid groups (broad SMARTS) is 1. The van der Waals surface area contributed by atoms with Crippen molar-refractivity contribution in [3.05, 3.63) is 35.6 Å². The summed E-state index contributed by atoms with van der Waals surface area (Å²) in [7, 11) is 1.48. The van der Waals surface area contributed by atoms with Gasteiger partial charge in [0.05, 0.1) is 5.92 Å². The van der Waals surface area contributed by atoms with Gasteiger partial charge in [-0.05, 0) is 37.0 Å². The molecule has 0 radical (unpaired) electrons. The second kappa shape index (κ2) is 6.22. The molecule has 1 aliphatic rings. The van der Waals surface area contributed by atoms with E-state index in [1.807, 2.05) is 0 Å². The number of hydrogen-bond donors (Lipinski definition) is 2. The molecule has 1 aromatic rings. The number of hydrogen-bond acceptors (Lipinski definition) is 3. The molecular formula is C15H18FNO4. The Morgan fingerprint density at radius 1 is 1.38 bits per heavy atom. The van der Waals surface area contributed by atoms with Gasteiger partial charge < -0.3 is 15.2 Å². The second-order valence-corrected chi connectivity index (χ2v) is 5.20. The Labute approximate surface area is 122 Å². The Morgan fingerprint density at radius 3 is 2.43 bits per heavy atom. The van der Waals surface area contributed by atoms with E-state index in [9.17, 15) is 19.1 Å². The molecule has 0 saturated heterocycles. The molecule has 1 aromatic carbocycles. The summed E-state index contributed by atoms with van der Waals surface area (Å²) >= 11 is 0. The van der Waals surface area contributed by atoms with E-state index in [1.165, 1.54) is 31.4 Å². The van der Waals surface area contributed by atoms with Crippen molar-refractivity contribution in [2.75, 3.05) is 13.7 Å². The van der Waals surface area contributed by atoms with Crippen LogP contribution in [0.25, 0.3) is 0 Å². The summed E-state index contributed by atoms with van der Waals surface area (Å²) in [6.07, 6.45) is 2.20. The van der Waals surface area contributed by atoms with Crippen LogP contribution >= 0.6 is 0 Å². The van der Waals surface area contributed by atoms with Crippen molar-refractivity contribution in [3.8, 4) is 0 Å². The molecule has 0 aromatic heterocycles. The van der Waals surface area contributed by atoms with E-state index in [1.54, 1.807) is 0 Å². The van der Waals surface area contributed by atoms with Crippen LogP contribution in [0.5, 0.6) is 0 Å². The Bertz CT molecular complexity index is 519. The number of carbonyl (C=O) groups is 2. The highest BCUT2D eigenvalue weighted by molar-refractivity contribution is 5.87. The Balaban J connectivity index is 2.02. The van der Waals surface area contributed by atoms with Gasteiger partial charge in [0, 0.05) is 13.7 Å². The zero-order valence-electron chi connectivity index (χ0n) is 11.8. The van der Waals surface area contributed by atoms with Gasteiger partial charge in [-0.1, -0.05) is 12.1 Å². The number of methoxy groups -OCH3 is 1. The third-order valence-corrected chi connectivity index (χ3v) is 4.00. The molecule has 21 heavy (non-hydrogen) atoms. The van der Waals surface area contributed by atoms with Crippen molar-refractivity contribution >= 4 is 11.9 Å². The zero-order valence-corrected chi connectivity index (χ0v) is 11.8. The third kappa shape index (κ3) is 3.21. The molecule has 2 rings (SSSR count). The van der Waals surface area contributed by atoms with Crippen LogP contribution in [-0.4, -0.2) is 36.2 Å². The summed E-state index contributed by atoms with van der Waals surface area (Å²) in [6, 6.07) is 5.23. The van der Waals surface area contributed by atoms with Gasteiger partial charge in [0.2, 0.25) is 0 Å². The van der Waals surface area contributed by atoms with Crippen molar-refractivity contribution in [1.29, 1.82) is 0 Å². The molecule has 0 heterocycles. The third-order valence-electron chi connectivity index (χ3n) is 4.00. The normalized spacial score (nSPS) is 17.6. The first-order valence-electron chi connectivity index (χ1n) is 6.80. The minimum Gasteiger partial charge on any atom is -0.481 e. The van der Waals surface area contributed by atoms with Gasteiger partial charge in [0.25, 0.3) is 5.91 Å². The van der Waals surface area contributed by atoms with E-state index in [2.05, 4.69) is 5.32 Å². The van der Waals surface area contributed by atoms with Gasteiger partial charge in [0.15, 0.2) is 0 Å². The first-order valence-corrected chi connectivity index (χ1v) is 6.80. The van der Waals surface area contributed by atoms with Gasteiger partial charge in [-0.3, -0.25) is 9.59 Å². The summed E-state index contributed by atoms with van der Waals surface area (Å²) in [5.74, 6) is -2.70. The zero-order chi connectivity index (χ0) is 15.5. The van der Waals surface area contributed by atoms with Crippen molar-refractivity contribution in [2.45, 2.75) is 30.8 Å². The first kappa shape index (κ1) is 15.4. The highest BCUT2D eigenvalue weighted by atomic mass is 19.1. The van der Waals surface area contributed by atoms with Gasteiger partial charge in [-0.25, -0.2) is 4.39 Å².